The van der Waals surface area contributed by atoms with E-state index in [1.807, 2.05) is 42.9 Å². The van der Waals surface area contributed by atoms with E-state index in [0.717, 1.165) is 24.1 Å². The fourth-order valence-electron chi connectivity index (χ4n) is 4.28. The van der Waals surface area contributed by atoms with Gasteiger partial charge < -0.3 is 14.6 Å². The first-order chi connectivity index (χ1) is 12.8. The van der Waals surface area contributed by atoms with Crippen LogP contribution in [0.1, 0.15) is 24.0 Å². The molecule has 1 aliphatic heterocycles. The van der Waals surface area contributed by atoms with Crippen molar-refractivity contribution in [1.82, 2.24) is 14.9 Å². The Hall–Kier alpha value is -3.08. The van der Waals surface area contributed by atoms with Gasteiger partial charge in [-0.25, -0.2) is 9.78 Å². The first kappa shape index (κ1) is 15.2. The maximum Gasteiger partial charge on any atom is 0.407 e. The van der Waals surface area contributed by atoms with Crippen LogP contribution < -0.4 is 5.32 Å². The summed E-state index contributed by atoms with van der Waals surface area (Å²) in [6, 6.07) is 18.3. The zero-order valence-corrected chi connectivity index (χ0v) is 14.3. The van der Waals surface area contributed by atoms with E-state index in [0.29, 0.717) is 6.61 Å². The average Bonchev–Trinajstić information content (AvgIpc) is 3.22. The Kier molecular flexibility index (Phi) is 3.35. The number of rotatable bonds is 3. The molecule has 3 aromatic rings. The van der Waals surface area contributed by atoms with E-state index in [1.165, 1.54) is 11.1 Å². The van der Waals surface area contributed by atoms with Gasteiger partial charge in [-0.15, -0.1) is 0 Å². The molecule has 1 saturated carbocycles. The third kappa shape index (κ3) is 2.24. The molecule has 130 valence electrons. The minimum absolute atomic E-state index is 0.0835. The van der Waals surface area contributed by atoms with E-state index in [4.69, 9.17) is 4.74 Å². The van der Waals surface area contributed by atoms with Gasteiger partial charge in [0.1, 0.15) is 6.61 Å². The van der Waals surface area contributed by atoms with Crippen molar-refractivity contribution < 1.29 is 9.53 Å². The summed E-state index contributed by atoms with van der Waals surface area (Å²) in [5.41, 5.74) is 4.63. The van der Waals surface area contributed by atoms with Gasteiger partial charge in [-0.05, 0) is 24.0 Å². The predicted octanol–water partition coefficient (Wildman–Crippen LogP) is 3.70. The van der Waals surface area contributed by atoms with Crippen LogP contribution in [0.15, 0.2) is 67.1 Å². The van der Waals surface area contributed by atoms with Crippen LogP contribution >= 0.6 is 0 Å². The third-order valence-electron chi connectivity index (χ3n) is 5.51. The number of nitrogens with zero attached hydrogens (tertiary/aromatic N) is 2. The van der Waals surface area contributed by atoms with Crippen LogP contribution in [0.4, 0.5) is 4.79 Å². The van der Waals surface area contributed by atoms with Crippen LogP contribution in [0.25, 0.3) is 11.3 Å². The standard InChI is InChI=1S/C21H19N3O2/c25-20(26-13-15-6-2-1-3-7-15)23-16-10-21(11-16)18-9-5-4-8-17(18)19-12-22-14-24(19)21/h1-9,12,14,16H,10-11,13H2,(H,23,25). The molecule has 0 bridgehead atoms. The molecule has 2 aromatic carbocycles. The number of hydrogen-bond acceptors (Lipinski definition) is 3. The summed E-state index contributed by atoms with van der Waals surface area (Å²) in [5, 5.41) is 3.00. The average molecular weight is 345 g/mol. The maximum atomic E-state index is 12.1. The lowest BCUT2D eigenvalue weighted by Gasteiger charge is -2.47. The van der Waals surface area contributed by atoms with Crippen LogP contribution in [0.3, 0.4) is 0 Å². The van der Waals surface area contributed by atoms with Crippen molar-refractivity contribution in [3.8, 4) is 11.3 Å². The fourth-order valence-corrected chi connectivity index (χ4v) is 4.28. The number of benzene rings is 2. The Morgan fingerprint density at radius 2 is 1.92 bits per heavy atom. The van der Waals surface area contributed by atoms with Crippen LogP contribution in [0.2, 0.25) is 0 Å². The Morgan fingerprint density at radius 3 is 2.77 bits per heavy atom. The molecular formula is C21H19N3O2. The molecule has 0 unspecified atom stereocenters. The Bertz CT molecular complexity index is 958. The fraction of sp³-hybridized carbons (Fsp3) is 0.238. The summed E-state index contributed by atoms with van der Waals surface area (Å²) < 4.78 is 7.60. The van der Waals surface area contributed by atoms with Gasteiger partial charge in [-0.3, -0.25) is 0 Å². The monoisotopic (exact) mass is 345 g/mol. The van der Waals surface area contributed by atoms with Crippen molar-refractivity contribution in [3.05, 3.63) is 78.2 Å². The second kappa shape index (κ2) is 5.73. The highest BCUT2D eigenvalue weighted by Gasteiger charge is 2.52. The summed E-state index contributed by atoms with van der Waals surface area (Å²) in [6.07, 6.45) is 5.18. The molecule has 1 fully saturated rings. The van der Waals surface area contributed by atoms with E-state index < -0.39 is 0 Å². The van der Waals surface area contributed by atoms with Gasteiger partial charge in [0.2, 0.25) is 0 Å². The van der Waals surface area contributed by atoms with Crippen molar-refractivity contribution in [1.29, 1.82) is 0 Å². The molecule has 5 nitrogen and oxygen atoms in total. The summed E-state index contributed by atoms with van der Waals surface area (Å²) in [4.78, 5) is 16.4. The maximum absolute atomic E-state index is 12.1. The lowest BCUT2D eigenvalue weighted by molar-refractivity contribution is 0.105. The number of ether oxygens (including phenoxy) is 1. The normalized spacial score (nSPS) is 22.4. The zero-order chi connectivity index (χ0) is 17.6. The molecule has 1 spiro atoms. The molecule has 1 amide bonds. The van der Waals surface area contributed by atoms with Gasteiger partial charge in [-0.2, -0.15) is 0 Å². The highest BCUT2D eigenvalue weighted by atomic mass is 16.5. The number of amides is 1. The number of nitrogens with one attached hydrogen (secondary N) is 1. The van der Waals surface area contributed by atoms with E-state index in [1.54, 1.807) is 0 Å². The van der Waals surface area contributed by atoms with Gasteiger partial charge in [-0.1, -0.05) is 54.6 Å². The van der Waals surface area contributed by atoms with E-state index >= 15 is 0 Å². The second-order valence-corrected chi connectivity index (χ2v) is 7.04. The second-order valence-electron chi connectivity index (χ2n) is 7.04. The Morgan fingerprint density at radius 1 is 1.15 bits per heavy atom. The van der Waals surface area contributed by atoms with Gasteiger partial charge in [0.05, 0.1) is 23.8 Å². The first-order valence-electron chi connectivity index (χ1n) is 8.86. The van der Waals surface area contributed by atoms with Crippen LogP contribution in [-0.2, 0) is 16.9 Å². The van der Waals surface area contributed by atoms with Gasteiger partial charge in [0.25, 0.3) is 0 Å². The van der Waals surface area contributed by atoms with Crippen LogP contribution in [-0.4, -0.2) is 21.7 Å². The highest BCUT2D eigenvalue weighted by molar-refractivity contribution is 5.72. The first-order valence-corrected chi connectivity index (χ1v) is 8.86. The van der Waals surface area contributed by atoms with Crippen molar-refractivity contribution in [2.75, 3.05) is 0 Å². The molecular weight excluding hydrogens is 326 g/mol. The summed E-state index contributed by atoms with van der Waals surface area (Å²) >= 11 is 0. The van der Waals surface area contributed by atoms with Gasteiger partial charge in [0.15, 0.2) is 0 Å². The Labute approximate surface area is 151 Å². The molecule has 5 rings (SSSR count). The molecule has 1 aromatic heterocycles. The van der Waals surface area contributed by atoms with E-state index in [-0.39, 0.29) is 17.7 Å². The van der Waals surface area contributed by atoms with Crippen molar-refractivity contribution in [2.24, 2.45) is 0 Å². The van der Waals surface area contributed by atoms with Gasteiger partial charge in [0, 0.05) is 11.6 Å². The molecule has 2 aliphatic rings. The molecule has 0 radical (unpaired) electrons. The van der Waals surface area contributed by atoms with E-state index in [2.05, 4.69) is 39.1 Å². The predicted molar refractivity (Wildman–Crippen MR) is 97.5 cm³/mol. The molecule has 0 atom stereocenters. The van der Waals surface area contributed by atoms with Crippen molar-refractivity contribution in [2.45, 2.75) is 31.0 Å². The number of aromatic nitrogens is 2. The summed E-state index contributed by atoms with van der Waals surface area (Å²) in [5.74, 6) is 0. The quantitative estimate of drug-likeness (QED) is 0.787. The lowest BCUT2D eigenvalue weighted by Crippen LogP contribution is -2.55. The topological polar surface area (TPSA) is 56.2 Å². The minimum Gasteiger partial charge on any atom is -0.445 e. The molecule has 0 saturated heterocycles. The molecule has 5 heteroatoms. The van der Waals surface area contributed by atoms with Crippen LogP contribution in [0, 0.1) is 0 Å². The zero-order valence-electron chi connectivity index (χ0n) is 14.3. The van der Waals surface area contributed by atoms with Gasteiger partial charge >= 0.3 is 6.09 Å². The number of hydrogen-bond donors (Lipinski definition) is 1. The highest BCUT2D eigenvalue weighted by Crippen LogP contribution is 2.54. The molecule has 1 aliphatic carbocycles. The SMILES string of the molecule is O=C(NC1CC2(C1)c1ccccc1-c1cncn12)OCc1ccccc1. The van der Waals surface area contributed by atoms with E-state index in [9.17, 15) is 4.79 Å². The Balaban J connectivity index is 1.26. The summed E-state index contributed by atoms with van der Waals surface area (Å²) in [6.45, 7) is 0.291. The number of imidazole rings is 1. The molecule has 1 N–H and O–H groups in total. The number of carbonyl (C=O) groups excluding carboxylic acids is 1. The number of carbonyl (C=O) groups is 1. The number of alkyl carbamates (subject to hydrolysis) is 1. The lowest BCUT2D eigenvalue weighted by atomic mass is 9.68. The minimum atomic E-state index is -0.356. The van der Waals surface area contributed by atoms with Crippen LogP contribution in [0.5, 0.6) is 0 Å². The molecule has 26 heavy (non-hydrogen) atoms. The number of fused-ring (bicyclic) bond motifs is 5. The summed E-state index contributed by atoms with van der Waals surface area (Å²) in [7, 11) is 0. The van der Waals surface area contributed by atoms with Crippen molar-refractivity contribution in [3.63, 3.8) is 0 Å². The third-order valence-corrected chi connectivity index (χ3v) is 5.51. The van der Waals surface area contributed by atoms with Crippen molar-refractivity contribution >= 4 is 6.09 Å². The molecule has 2 heterocycles. The smallest absolute Gasteiger partial charge is 0.407 e. The largest absolute Gasteiger partial charge is 0.445 e.